The third-order valence-corrected chi connectivity index (χ3v) is 4.16. The predicted octanol–water partition coefficient (Wildman–Crippen LogP) is 3.57. The minimum absolute atomic E-state index is 0.230. The van der Waals surface area contributed by atoms with Crippen molar-refractivity contribution < 1.29 is 9.59 Å². The molecule has 0 fully saturated rings. The molecule has 2 N–H and O–H groups in total. The Morgan fingerprint density at radius 2 is 1.73 bits per heavy atom. The first kappa shape index (κ1) is 16.2. The summed E-state index contributed by atoms with van der Waals surface area (Å²) in [6.07, 6.45) is 0. The van der Waals surface area contributed by atoms with Crippen molar-refractivity contribution in [3.8, 4) is 0 Å². The summed E-state index contributed by atoms with van der Waals surface area (Å²) in [7, 11) is 0. The van der Waals surface area contributed by atoms with E-state index in [9.17, 15) is 9.59 Å². The molecule has 2 amide bonds. The first-order valence-corrected chi connectivity index (χ1v) is 7.69. The minimum atomic E-state index is -0.676. The van der Waals surface area contributed by atoms with Crippen molar-refractivity contribution in [1.82, 2.24) is 5.32 Å². The van der Waals surface area contributed by atoms with Crippen molar-refractivity contribution >= 4 is 33.4 Å². The summed E-state index contributed by atoms with van der Waals surface area (Å²) in [6, 6.07) is 14.6. The van der Waals surface area contributed by atoms with Crippen LogP contribution in [0.3, 0.4) is 0 Å². The van der Waals surface area contributed by atoms with E-state index < -0.39 is 11.8 Å². The van der Waals surface area contributed by atoms with Gasteiger partial charge < -0.3 is 10.6 Å². The second-order valence-corrected chi connectivity index (χ2v) is 5.88. The number of nitrogens with one attached hydrogen (secondary N) is 2. The molecule has 0 heterocycles. The molecule has 2 rings (SSSR count). The van der Waals surface area contributed by atoms with E-state index in [1.807, 2.05) is 50.2 Å². The van der Waals surface area contributed by atoms with Crippen LogP contribution in [0.5, 0.6) is 0 Å². The number of carbonyl (C=O) groups is 2. The van der Waals surface area contributed by atoms with E-state index in [1.54, 1.807) is 12.1 Å². The molecule has 0 aliphatic heterocycles. The van der Waals surface area contributed by atoms with Crippen LogP contribution < -0.4 is 10.6 Å². The molecule has 0 aliphatic carbocycles. The van der Waals surface area contributed by atoms with Gasteiger partial charge in [-0.05, 0) is 43.2 Å². The van der Waals surface area contributed by atoms with Gasteiger partial charge >= 0.3 is 11.8 Å². The van der Waals surface area contributed by atoms with E-state index in [2.05, 4.69) is 26.6 Å². The van der Waals surface area contributed by atoms with E-state index in [4.69, 9.17) is 0 Å². The summed E-state index contributed by atoms with van der Waals surface area (Å²) in [5, 5.41) is 5.28. The monoisotopic (exact) mass is 360 g/mol. The smallest absolute Gasteiger partial charge is 0.313 e. The average Bonchev–Trinajstić information content (AvgIpc) is 2.51. The fourth-order valence-corrected chi connectivity index (χ4v) is 2.24. The molecule has 5 heteroatoms. The number of anilines is 1. The topological polar surface area (TPSA) is 58.2 Å². The van der Waals surface area contributed by atoms with Crippen LogP contribution in [0.2, 0.25) is 0 Å². The highest BCUT2D eigenvalue weighted by atomic mass is 79.9. The maximum Gasteiger partial charge on any atom is 0.313 e. The van der Waals surface area contributed by atoms with Gasteiger partial charge in [0, 0.05) is 10.2 Å². The maximum atomic E-state index is 12.0. The van der Waals surface area contributed by atoms with E-state index >= 15 is 0 Å². The first-order chi connectivity index (χ1) is 10.5. The summed E-state index contributed by atoms with van der Waals surface area (Å²) in [5.41, 5.74) is 2.52. The van der Waals surface area contributed by atoms with Crippen molar-refractivity contribution in [2.45, 2.75) is 19.9 Å². The lowest BCUT2D eigenvalue weighted by atomic mass is 10.1. The molecule has 0 radical (unpaired) electrons. The van der Waals surface area contributed by atoms with Crippen LogP contribution in [0.15, 0.2) is 53.0 Å². The van der Waals surface area contributed by atoms with Gasteiger partial charge in [0.2, 0.25) is 0 Å². The summed E-state index contributed by atoms with van der Waals surface area (Å²) >= 11 is 3.39. The van der Waals surface area contributed by atoms with Gasteiger partial charge in [-0.3, -0.25) is 9.59 Å². The zero-order valence-corrected chi connectivity index (χ0v) is 14.0. The Morgan fingerprint density at radius 1 is 1.05 bits per heavy atom. The Kier molecular flexibility index (Phi) is 5.33. The molecule has 0 saturated heterocycles. The van der Waals surface area contributed by atoms with E-state index in [0.29, 0.717) is 5.69 Å². The molecule has 0 aromatic heterocycles. The van der Waals surface area contributed by atoms with Crippen molar-refractivity contribution in [3.63, 3.8) is 0 Å². The summed E-state index contributed by atoms with van der Waals surface area (Å²) in [5.74, 6) is -1.33. The van der Waals surface area contributed by atoms with Gasteiger partial charge in [0.25, 0.3) is 0 Å². The molecule has 0 bridgehead atoms. The number of benzene rings is 2. The highest BCUT2D eigenvalue weighted by Gasteiger charge is 2.17. The number of hydrogen-bond acceptors (Lipinski definition) is 2. The van der Waals surface area contributed by atoms with Crippen LogP contribution in [-0.2, 0) is 9.59 Å². The third kappa shape index (κ3) is 4.18. The lowest BCUT2D eigenvalue weighted by Crippen LogP contribution is -2.36. The fraction of sp³-hybridized carbons (Fsp3) is 0.176. The summed E-state index contributed by atoms with van der Waals surface area (Å²) < 4.78 is 0.952. The highest BCUT2D eigenvalue weighted by Crippen LogP contribution is 2.20. The van der Waals surface area contributed by atoms with Gasteiger partial charge in [0.1, 0.15) is 0 Å². The molecule has 2 aromatic carbocycles. The lowest BCUT2D eigenvalue weighted by molar-refractivity contribution is -0.136. The molecule has 4 nitrogen and oxygen atoms in total. The largest absolute Gasteiger partial charge is 0.341 e. The van der Waals surface area contributed by atoms with Crippen LogP contribution >= 0.6 is 15.9 Å². The average molecular weight is 361 g/mol. The molecule has 114 valence electrons. The molecule has 22 heavy (non-hydrogen) atoms. The van der Waals surface area contributed by atoms with E-state index in [0.717, 1.165) is 15.6 Å². The van der Waals surface area contributed by atoms with Crippen LogP contribution in [0, 0.1) is 6.92 Å². The molecule has 0 aliphatic rings. The second-order valence-electron chi connectivity index (χ2n) is 5.02. The normalized spacial score (nSPS) is 11.6. The fourth-order valence-electron chi connectivity index (χ4n) is 2.00. The van der Waals surface area contributed by atoms with Gasteiger partial charge in [-0.1, -0.05) is 46.3 Å². The lowest BCUT2D eigenvalue weighted by Gasteiger charge is -2.14. The quantitative estimate of drug-likeness (QED) is 0.822. The molecule has 2 aromatic rings. The number of aryl methyl sites for hydroxylation is 1. The number of hydrogen-bond donors (Lipinski definition) is 2. The van der Waals surface area contributed by atoms with Crippen molar-refractivity contribution in [2.24, 2.45) is 0 Å². The van der Waals surface area contributed by atoms with Gasteiger partial charge in [-0.2, -0.15) is 0 Å². The van der Waals surface area contributed by atoms with Crippen molar-refractivity contribution in [2.75, 3.05) is 5.32 Å². The Labute approximate surface area is 138 Å². The minimum Gasteiger partial charge on any atom is -0.341 e. The molecular formula is C17H17BrN2O2. The summed E-state index contributed by atoms with van der Waals surface area (Å²) in [6.45, 7) is 3.75. The van der Waals surface area contributed by atoms with Gasteiger partial charge in [0.15, 0.2) is 0 Å². The zero-order valence-electron chi connectivity index (χ0n) is 12.4. The zero-order chi connectivity index (χ0) is 16.1. The molecule has 0 spiro atoms. The number of carbonyl (C=O) groups excluding carboxylic acids is 2. The highest BCUT2D eigenvalue weighted by molar-refractivity contribution is 9.10. The Morgan fingerprint density at radius 3 is 2.36 bits per heavy atom. The Balaban J connectivity index is 1.97. The van der Waals surface area contributed by atoms with E-state index in [-0.39, 0.29) is 6.04 Å². The third-order valence-electron chi connectivity index (χ3n) is 3.27. The SMILES string of the molecule is Cc1cc(NC(=O)C(=O)N[C@@H](C)c2ccccc2)ccc1Br. The van der Waals surface area contributed by atoms with Crippen LogP contribution in [0.25, 0.3) is 0 Å². The molecule has 0 saturated carbocycles. The van der Waals surface area contributed by atoms with Gasteiger partial charge in [-0.25, -0.2) is 0 Å². The molecule has 0 unspecified atom stereocenters. The standard InChI is InChI=1S/C17H17BrN2O2/c1-11-10-14(8-9-15(11)18)20-17(22)16(21)19-12(2)13-6-4-3-5-7-13/h3-10,12H,1-2H3,(H,19,21)(H,20,22)/t12-/m0/s1. The Bertz CT molecular complexity index is 686. The van der Waals surface area contributed by atoms with Crippen LogP contribution in [0.4, 0.5) is 5.69 Å². The molecular weight excluding hydrogens is 344 g/mol. The number of rotatable bonds is 3. The van der Waals surface area contributed by atoms with Crippen LogP contribution in [-0.4, -0.2) is 11.8 Å². The second kappa shape index (κ2) is 7.22. The maximum absolute atomic E-state index is 12.0. The Hall–Kier alpha value is -2.14. The molecule has 1 atom stereocenters. The van der Waals surface area contributed by atoms with Crippen molar-refractivity contribution in [1.29, 1.82) is 0 Å². The van der Waals surface area contributed by atoms with Crippen LogP contribution in [0.1, 0.15) is 24.1 Å². The predicted molar refractivity (Wildman–Crippen MR) is 90.5 cm³/mol. The summed E-state index contributed by atoms with van der Waals surface area (Å²) in [4.78, 5) is 23.9. The van der Waals surface area contributed by atoms with E-state index in [1.165, 1.54) is 0 Å². The number of halogens is 1. The van der Waals surface area contributed by atoms with Crippen molar-refractivity contribution in [3.05, 3.63) is 64.1 Å². The first-order valence-electron chi connectivity index (χ1n) is 6.90. The van der Waals surface area contributed by atoms with Gasteiger partial charge in [-0.15, -0.1) is 0 Å². The number of amides is 2. The van der Waals surface area contributed by atoms with Gasteiger partial charge in [0.05, 0.1) is 6.04 Å².